The van der Waals surface area contributed by atoms with E-state index in [0.717, 1.165) is 31.2 Å². The van der Waals surface area contributed by atoms with Crippen LogP contribution in [0.4, 0.5) is 14.6 Å². The lowest BCUT2D eigenvalue weighted by Gasteiger charge is -2.55. The quantitative estimate of drug-likeness (QED) is 0.624. The molecule has 7 nitrogen and oxygen atoms in total. The number of alkyl halides is 2. The minimum absolute atomic E-state index is 0.268. The van der Waals surface area contributed by atoms with E-state index in [4.69, 9.17) is 16.7 Å². The monoisotopic (exact) mass is 405 g/mol. The molecule has 0 aliphatic carbocycles. The zero-order valence-corrected chi connectivity index (χ0v) is 16.1. The lowest BCUT2D eigenvalue weighted by Crippen LogP contribution is -2.67. The average Bonchev–Trinajstić information content (AvgIpc) is 3.06. The fraction of sp³-hybridized carbons (Fsp3) is 0.444. The van der Waals surface area contributed by atoms with Crippen molar-refractivity contribution in [1.82, 2.24) is 29.6 Å². The number of rotatable bonds is 3. The minimum atomic E-state index is -3.14. The molecule has 6 rings (SSSR count). The number of likely N-dealkylation sites (N-methyl/N-ethyl adjacent to an activating group) is 1. The van der Waals surface area contributed by atoms with E-state index in [-0.39, 0.29) is 5.82 Å². The number of piperazine rings is 1. The average molecular weight is 406 g/mol. The molecule has 3 aromatic rings. The molecule has 0 radical (unpaired) electrons. The standard InChI is InChI=1S/C18H18ClF2N7/c1-18(20,21)17-22-4-3-15(24-17)28-13-6-14(19)23-7-12(13)16(25-28)27-8-10-5-11(9-27)26(10)2/h3-4,6-7,10-11H,5,8-9H2,1-2H3. The fourth-order valence-electron chi connectivity index (χ4n) is 4.03. The van der Waals surface area contributed by atoms with Crippen molar-refractivity contribution in [1.29, 1.82) is 0 Å². The summed E-state index contributed by atoms with van der Waals surface area (Å²) in [5, 5.41) is 5.84. The highest BCUT2D eigenvalue weighted by Gasteiger charge is 2.43. The van der Waals surface area contributed by atoms with Crippen LogP contribution in [0.1, 0.15) is 19.2 Å². The van der Waals surface area contributed by atoms with Crippen LogP contribution in [-0.4, -0.2) is 61.9 Å². The molecule has 2 atom stereocenters. The number of fused-ring (bicyclic) bond motifs is 3. The summed E-state index contributed by atoms with van der Waals surface area (Å²) < 4.78 is 29.0. The summed E-state index contributed by atoms with van der Waals surface area (Å²) in [6, 6.07) is 4.24. The highest BCUT2D eigenvalue weighted by Crippen LogP contribution is 2.36. The van der Waals surface area contributed by atoms with E-state index >= 15 is 0 Å². The first-order valence-corrected chi connectivity index (χ1v) is 9.42. The van der Waals surface area contributed by atoms with Crippen LogP contribution in [0.25, 0.3) is 16.7 Å². The van der Waals surface area contributed by atoms with Gasteiger partial charge in [-0.05, 0) is 13.5 Å². The second-order valence-electron chi connectivity index (χ2n) is 7.50. The van der Waals surface area contributed by atoms with E-state index in [1.54, 1.807) is 23.0 Å². The summed E-state index contributed by atoms with van der Waals surface area (Å²) >= 11 is 6.10. The third-order valence-electron chi connectivity index (χ3n) is 5.62. The molecular weight excluding hydrogens is 388 g/mol. The molecule has 0 saturated carbocycles. The minimum Gasteiger partial charge on any atom is -0.351 e. The van der Waals surface area contributed by atoms with Gasteiger partial charge in [0.2, 0.25) is 5.82 Å². The fourth-order valence-corrected chi connectivity index (χ4v) is 4.18. The summed E-state index contributed by atoms with van der Waals surface area (Å²) in [7, 11) is 2.14. The molecule has 3 aliphatic rings. The third kappa shape index (κ3) is 2.72. The largest absolute Gasteiger partial charge is 0.351 e. The first-order chi connectivity index (χ1) is 13.3. The van der Waals surface area contributed by atoms with Gasteiger partial charge in [0.15, 0.2) is 11.6 Å². The van der Waals surface area contributed by atoms with E-state index in [0.29, 0.717) is 22.8 Å². The second kappa shape index (κ2) is 6.05. The lowest BCUT2D eigenvalue weighted by molar-refractivity contribution is 0.00763. The van der Waals surface area contributed by atoms with Crippen LogP contribution in [0, 0.1) is 0 Å². The topological polar surface area (TPSA) is 63.0 Å². The number of anilines is 1. The van der Waals surface area contributed by atoms with Crippen molar-refractivity contribution in [2.24, 2.45) is 0 Å². The number of nitrogens with zero attached hydrogens (tertiary/aromatic N) is 7. The van der Waals surface area contributed by atoms with Crippen molar-refractivity contribution in [3.63, 3.8) is 0 Å². The molecule has 2 unspecified atom stereocenters. The zero-order valence-electron chi connectivity index (χ0n) is 15.3. The molecule has 0 aromatic carbocycles. The Labute approximate surface area is 164 Å². The van der Waals surface area contributed by atoms with Gasteiger partial charge in [-0.15, -0.1) is 5.10 Å². The molecular formula is C18H18ClF2N7. The van der Waals surface area contributed by atoms with Gasteiger partial charge in [0, 0.05) is 56.6 Å². The maximum atomic E-state index is 13.7. The van der Waals surface area contributed by atoms with Gasteiger partial charge in [0.05, 0.1) is 10.9 Å². The van der Waals surface area contributed by atoms with Crippen LogP contribution < -0.4 is 4.90 Å². The molecule has 6 heterocycles. The highest BCUT2D eigenvalue weighted by atomic mass is 35.5. The predicted octanol–water partition coefficient (Wildman–Crippen LogP) is 2.87. The van der Waals surface area contributed by atoms with E-state index < -0.39 is 11.7 Å². The van der Waals surface area contributed by atoms with E-state index in [9.17, 15) is 8.78 Å². The summed E-state index contributed by atoms with van der Waals surface area (Å²) in [4.78, 5) is 16.5. The van der Waals surface area contributed by atoms with Crippen molar-refractivity contribution in [3.8, 4) is 5.82 Å². The Morgan fingerprint density at radius 2 is 1.96 bits per heavy atom. The zero-order chi connectivity index (χ0) is 19.6. The summed E-state index contributed by atoms with van der Waals surface area (Å²) in [6.07, 6.45) is 4.18. The second-order valence-corrected chi connectivity index (χ2v) is 7.89. The maximum absolute atomic E-state index is 13.7. The van der Waals surface area contributed by atoms with Crippen molar-refractivity contribution in [3.05, 3.63) is 35.5 Å². The van der Waals surface area contributed by atoms with Gasteiger partial charge in [-0.2, -0.15) is 8.78 Å². The molecule has 0 spiro atoms. The van der Waals surface area contributed by atoms with Gasteiger partial charge in [-0.1, -0.05) is 11.6 Å². The molecule has 28 heavy (non-hydrogen) atoms. The predicted molar refractivity (Wildman–Crippen MR) is 101 cm³/mol. The van der Waals surface area contributed by atoms with Crippen LogP contribution in [0.15, 0.2) is 24.5 Å². The Balaban J connectivity index is 1.63. The molecule has 2 bridgehead atoms. The Kier molecular flexibility index (Phi) is 3.82. The first kappa shape index (κ1) is 17.7. The smallest absolute Gasteiger partial charge is 0.303 e. The molecule has 3 saturated heterocycles. The van der Waals surface area contributed by atoms with Crippen molar-refractivity contribution in [2.75, 3.05) is 25.0 Å². The number of pyridine rings is 1. The molecule has 3 aromatic heterocycles. The first-order valence-electron chi connectivity index (χ1n) is 9.04. The molecule has 10 heteroatoms. The van der Waals surface area contributed by atoms with Crippen molar-refractivity contribution in [2.45, 2.75) is 31.4 Å². The van der Waals surface area contributed by atoms with Gasteiger partial charge in [-0.3, -0.25) is 4.90 Å². The van der Waals surface area contributed by atoms with Crippen LogP contribution in [0.3, 0.4) is 0 Å². The van der Waals surface area contributed by atoms with Gasteiger partial charge in [0.25, 0.3) is 0 Å². The lowest BCUT2D eigenvalue weighted by atomic mass is 9.88. The molecule has 3 aliphatic heterocycles. The summed E-state index contributed by atoms with van der Waals surface area (Å²) in [6.45, 7) is 2.50. The number of hydrogen-bond donors (Lipinski definition) is 0. The Morgan fingerprint density at radius 3 is 2.64 bits per heavy atom. The van der Waals surface area contributed by atoms with E-state index in [1.165, 1.54) is 12.6 Å². The number of halogens is 3. The van der Waals surface area contributed by atoms with E-state index in [2.05, 4.69) is 31.8 Å². The SMILES string of the molecule is CN1C2CC1CN(c1nn(-c3ccnc(C(C)(F)F)n3)c3cc(Cl)ncc13)C2. The van der Waals surface area contributed by atoms with Gasteiger partial charge < -0.3 is 4.90 Å². The normalized spacial score (nSPS) is 22.5. The van der Waals surface area contributed by atoms with Crippen molar-refractivity contribution >= 4 is 28.3 Å². The van der Waals surface area contributed by atoms with E-state index in [1.807, 2.05) is 0 Å². The van der Waals surface area contributed by atoms with Gasteiger partial charge in [-0.25, -0.2) is 19.6 Å². The molecule has 146 valence electrons. The van der Waals surface area contributed by atoms with Crippen LogP contribution in [0.2, 0.25) is 5.15 Å². The summed E-state index contributed by atoms with van der Waals surface area (Å²) in [5.74, 6) is -2.65. The third-order valence-corrected chi connectivity index (χ3v) is 5.83. The summed E-state index contributed by atoms with van der Waals surface area (Å²) in [5.41, 5.74) is 0.673. The Morgan fingerprint density at radius 1 is 1.21 bits per heavy atom. The molecule has 3 fully saturated rings. The molecule has 0 amide bonds. The number of hydrogen-bond acceptors (Lipinski definition) is 6. The van der Waals surface area contributed by atoms with Gasteiger partial charge >= 0.3 is 5.92 Å². The Hall–Kier alpha value is -2.39. The highest BCUT2D eigenvalue weighted by molar-refractivity contribution is 6.30. The maximum Gasteiger partial charge on any atom is 0.303 e. The molecule has 0 N–H and O–H groups in total. The van der Waals surface area contributed by atoms with Crippen LogP contribution >= 0.6 is 11.6 Å². The number of aromatic nitrogens is 5. The van der Waals surface area contributed by atoms with Crippen LogP contribution in [-0.2, 0) is 5.92 Å². The number of piperidine rings is 1. The van der Waals surface area contributed by atoms with Gasteiger partial charge in [0.1, 0.15) is 5.15 Å². The Bertz CT molecular complexity index is 1050. The van der Waals surface area contributed by atoms with Crippen LogP contribution in [0.5, 0.6) is 0 Å². The van der Waals surface area contributed by atoms with Crippen molar-refractivity contribution < 1.29 is 8.78 Å².